The zero-order valence-electron chi connectivity index (χ0n) is 30.2. The van der Waals surface area contributed by atoms with Gasteiger partial charge in [-0.3, -0.25) is 4.57 Å². The summed E-state index contributed by atoms with van der Waals surface area (Å²) < 4.78 is 2.28. The van der Waals surface area contributed by atoms with Crippen molar-refractivity contribution in [1.29, 1.82) is 0 Å². The van der Waals surface area contributed by atoms with Crippen molar-refractivity contribution in [2.45, 2.75) is 15.2 Å². The standard InChI is InChI=1S/C51H32N4S/c1-3-17-33(18-4-1)49-36-22-7-12-26-42(36)52-50(53-49)55-43-27-13-8-21-35(43)37-31-41-48(32-46(37)55)56-47-30-16-11-25-40(47)51(41)38-23-9-14-28-44(38)54(34-19-5-2-6-20-34)45-29-15-10-24-39(45)51/h1-32H. The Morgan fingerprint density at radius 1 is 0.429 bits per heavy atom. The number of benzene rings is 8. The fourth-order valence-electron chi connectivity index (χ4n) is 9.38. The van der Waals surface area contributed by atoms with Gasteiger partial charge in [-0.15, -0.1) is 0 Å². The molecule has 0 fully saturated rings. The average molecular weight is 733 g/mol. The molecule has 0 amide bonds. The highest BCUT2D eigenvalue weighted by atomic mass is 32.2. The Kier molecular flexibility index (Phi) is 6.74. The van der Waals surface area contributed by atoms with Gasteiger partial charge in [-0.2, -0.15) is 0 Å². The number of fused-ring (bicyclic) bond motifs is 12. The molecule has 12 rings (SSSR count). The zero-order valence-corrected chi connectivity index (χ0v) is 31.0. The molecule has 10 aromatic rings. The van der Waals surface area contributed by atoms with E-state index in [1.54, 1.807) is 0 Å². The highest BCUT2D eigenvalue weighted by molar-refractivity contribution is 7.99. The summed E-state index contributed by atoms with van der Waals surface area (Å²) in [5.41, 5.74) is 13.1. The Labute approximate surface area is 328 Å². The first-order valence-electron chi connectivity index (χ1n) is 19.0. The number of hydrogen-bond donors (Lipinski definition) is 0. The van der Waals surface area contributed by atoms with Crippen LogP contribution in [0.25, 0.3) is 49.9 Å². The van der Waals surface area contributed by atoms with Gasteiger partial charge < -0.3 is 4.90 Å². The number of aromatic nitrogens is 3. The third-order valence-electron chi connectivity index (χ3n) is 11.6. The van der Waals surface area contributed by atoms with E-state index in [1.165, 1.54) is 54.2 Å². The summed E-state index contributed by atoms with van der Waals surface area (Å²) in [5, 5.41) is 3.39. The molecule has 2 aliphatic rings. The van der Waals surface area contributed by atoms with Gasteiger partial charge in [0.15, 0.2) is 0 Å². The van der Waals surface area contributed by atoms with Crippen LogP contribution in [0.1, 0.15) is 22.3 Å². The lowest BCUT2D eigenvalue weighted by Crippen LogP contribution is -2.39. The van der Waals surface area contributed by atoms with Crippen LogP contribution in [0.3, 0.4) is 0 Å². The normalized spacial score (nSPS) is 13.8. The quantitative estimate of drug-likeness (QED) is 0.181. The molecule has 0 bridgehead atoms. The van der Waals surface area contributed by atoms with Crippen molar-refractivity contribution < 1.29 is 0 Å². The summed E-state index contributed by atoms with van der Waals surface area (Å²) in [6.45, 7) is 0. The number of para-hydroxylation sites is 5. The van der Waals surface area contributed by atoms with Gasteiger partial charge in [0.05, 0.1) is 39.0 Å². The third-order valence-corrected chi connectivity index (χ3v) is 12.8. The summed E-state index contributed by atoms with van der Waals surface area (Å²) in [6.07, 6.45) is 0. The van der Waals surface area contributed by atoms with Gasteiger partial charge in [0.1, 0.15) is 0 Å². The van der Waals surface area contributed by atoms with E-state index in [0.29, 0.717) is 5.95 Å². The molecule has 2 aromatic heterocycles. The minimum atomic E-state index is -0.576. The fraction of sp³-hybridized carbons (Fsp3) is 0.0196. The van der Waals surface area contributed by atoms with E-state index in [2.05, 4.69) is 204 Å². The first-order chi connectivity index (χ1) is 27.8. The van der Waals surface area contributed by atoms with Gasteiger partial charge in [0.2, 0.25) is 5.95 Å². The van der Waals surface area contributed by atoms with Crippen LogP contribution in [0.15, 0.2) is 204 Å². The van der Waals surface area contributed by atoms with E-state index in [4.69, 9.17) is 9.97 Å². The smallest absolute Gasteiger partial charge is 0.235 e. The highest BCUT2D eigenvalue weighted by Crippen LogP contribution is 2.63. The van der Waals surface area contributed by atoms with E-state index in [9.17, 15) is 0 Å². The molecule has 262 valence electrons. The van der Waals surface area contributed by atoms with Crippen molar-refractivity contribution in [2.75, 3.05) is 4.90 Å². The largest absolute Gasteiger partial charge is 0.310 e. The molecule has 0 aliphatic carbocycles. The topological polar surface area (TPSA) is 34.0 Å². The molecule has 0 saturated carbocycles. The predicted molar refractivity (Wildman–Crippen MR) is 230 cm³/mol. The summed E-state index contributed by atoms with van der Waals surface area (Å²) in [4.78, 5) is 15.6. The van der Waals surface area contributed by atoms with Crippen LogP contribution in [-0.4, -0.2) is 14.5 Å². The molecule has 4 heterocycles. The third kappa shape index (κ3) is 4.32. The first kappa shape index (κ1) is 31.4. The second kappa shape index (κ2) is 12.0. The summed E-state index contributed by atoms with van der Waals surface area (Å²) >= 11 is 1.86. The molecular weight excluding hydrogens is 701 g/mol. The Balaban J connectivity index is 1.19. The summed E-state index contributed by atoms with van der Waals surface area (Å²) in [6, 6.07) is 70.2. The first-order valence-corrected chi connectivity index (χ1v) is 19.8. The van der Waals surface area contributed by atoms with E-state index < -0.39 is 5.41 Å². The van der Waals surface area contributed by atoms with Gasteiger partial charge in [-0.05, 0) is 76.9 Å². The van der Waals surface area contributed by atoms with Crippen LogP contribution in [-0.2, 0) is 5.41 Å². The monoisotopic (exact) mass is 732 g/mol. The van der Waals surface area contributed by atoms with Crippen LogP contribution in [0.4, 0.5) is 17.1 Å². The molecule has 0 unspecified atom stereocenters. The second-order valence-electron chi connectivity index (χ2n) is 14.5. The molecule has 56 heavy (non-hydrogen) atoms. The van der Waals surface area contributed by atoms with Crippen molar-refractivity contribution in [2.24, 2.45) is 0 Å². The molecule has 0 N–H and O–H groups in total. The van der Waals surface area contributed by atoms with Gasteiger partial charge in [0, 0.05) is 37.2 Å². The second-order valence-corrected chi connectivity index (χ2v) is 15.6. The maximum atomic E-state index is 5.38. The lowest BCUT2D eigenvalue weighted by Gasteiger charge is -2.49. The molecule has 5 heteroatoms. The predicted octanol–water partition coefficient (Wildman–Crippen LogP) is 13.0. The van der Waals surface area contributed by atoms with Crippen molar-refractivity contribution in [3.8, 4) is 17.2 Å². The Morgan fingerprint density at radius 3 is 1.80 bits per heavy atom. The number of nitrogens with zero attached hydrogens (tertiary/aromatic N) is 4. The zero-order chi connectivity index (χ0) is 36.8. The van der Waals surface area contributed by atoms with E-state index in [-0.39, 0.29) is 0 Å². The molecule has 2 aliphatic heterocycles. The van der Waals surface area contributed by atoms with Gasteiger partial charge in [-0.25, -0.2) is 9.97 Å². The highest BCUT2D eigenvalue weighted by Gasteiger charge is 2.50. The number of hydrogen-bond acceptors (Lipinski definition) is 4. The Hall–Kier alpha value is -6.95. The van der Waals surface area contributed by atoms with Crippen LogP contribution in [0.2, 0.25) is 0 Å². The van der Waals surface area contributed by atoms with Gasteiger partial charge >= 0.3 is 0 Å². The van der Waals surface area contributed by atoms with E-state index in [1.807, 2.05) is 11.8 Å². The van der Waals surface area contributed by atoms with Gasteiger partial charge in [0.25, 0.3) is 0 Å². The van der Waals surface area contributed by atoms with E-state index >= 15 is 0 Å². The molecule has 0 radical (unpaired) electrons. The van der Waals surface area contributed by atoms with Crippen molar-refractivity contribution in [1.82, 2.24) is 14.5 Å². The summed E-state index contributed by atoms with van der Waals surface area (Å²) in [7, 11) is 0. The fourth-order valence-corrected chi connectivity index (χ4v) is 10.6. The van der Waals surface area contributed by atoms with Crippen LogP contribution >= 0.6 is 11.8 Å². The number of rotatable bonds is 3. The van der Waals surface area contributed by atoms with Crippen LogP contribution in [0.5, 0.6) is 0 Å². The lowest BCUT2D eigenvalue weighted by atomic mass is 9.62. The van der Waals surface area contributed by atoms with Crippen molar-refractivity contribution >= 4 is 61.5 Å². The maximum absolute atomic E-state index is 5.38. The van der Waals surface area contributed by atoms with Crippen LogP contribution in [0, 0.1) is 0 Å². The van der Waals surface area contributed by atoms with E-state index in [0.717, 1.165) is 38.9 Å². The molecule has 0 saturated heterocycles. The SMILES string of the molecule is c1ccc(-c2nc(-n3c4ccccc4c4cc5c(cc43)Sc3ccccc3C53c4ccccc4N(c4ccccc4)c4ccccc43)nc3ccccc23)cc1. The summed E-state index contributed by atoms with van der Waals surface area (Å²) in [5.74, 6) is 0.663. The van der Waals surface area contributed by atoms with Gasteiger partial charge in [-0.1, -0.05) is 151 Å². The molecule has 1 spiro atoms. The maximum Gasteiger partial charge on any atom is 0.235 e. The Morgan fingerprint density at radius 2 is 1.04 bits per heavy atom. The average Bonchev–Trinajstić information content (AvgIpc) is 3.59. The molecule has 8 aromatic carbocycles. The molecule has 0 atom stereocenters. The van der Waals surface area contributed by atoms with Crippen molar-refractivity contribution in [3.05, 3.63) is 216 Å². The van der Waals surface area contributed by atoms with Crippen molar-refractivity contribution in [3.63, 3.8) is 0 Å². The van der Waals surface area contributed by atoms with Crippen LogP contribution < -0.4 is 4.90 Å². The lowest BCUT2D eigenvalue weighted by molar-refractivity contribution is 0.693. The minimum Gasteiger partial charge on any atom is -0.310 e. The molecular formula is C51H32N4S. The number of anilines is 3. The molecule has 4 nitrogen and oxygen atoms in total. The minimum absolute atomic E-state index is 0.576. The Bertz CT molecular complexity index is 3140.